The highest BCUT2D eigenvalue weighted by Gasteiger charge is 2.20. The zero-order chi connectivity index (χ0) is 21.8. The van der Waals surface area contributed by atoms with Gasteiger partial charge in [-0.2, -0.15) is 5.10 Å². The molecule has 5 nitrogen and oxygen atoms in total. The molecule has 0 radical (unpaired) electrons. The summed E-state index contributed by atoms with van der Waals surface area (Å²) in [5, 5.41) is 4.40. The van der Waals surface area contributed by atoms with Crippen LogP contribution in [0.2, 0.25) is 0 Å². The molecular weight excluding hydrogens is 386 g/mol. The third-order valence-corrected chi connectivity index (χ3v) is 5.17. The number of para-hydroxylation sites is 1. The molecule has 0 saturated carbocycles. The van der Waals surface area contributed by atoms with E-state index in [1.807, 2.05) is 84.9 Å². The van der Waals surface area contributed by atoms with E-state index in [2.05, 4.69) is 5.10 Å². The Morgan fingerprint density at radius 3 is 2.23 bits per heavy atom. The van der Waals surface area contributed by atoms with Crippen molar-refractivity contribution >= 4 is 5.91 Å². The van der Waals surface area contributed by atoms with Crippen LogP contribution in [0.1, 0.15) is 21.7 Å². The van der Waals surface area contributed by atoms with Crippen LogP contribution < -0.4 is 5.43 Å². The predicted molar refractivity (Wildman–Crippen MR) is 122 cm³/mol. The first-order valence-electron chi connectivity index (χ1n) is 10.1. The third-order valence-electron chi connectivity index (χ3n) is 5.17. The number of rotatable bonds is 5. The lowest BCUT2D eigenvalue weighted by Crippen LogP contribution is -2.33. The normalized spacial score (nSPS) is 10.6. The fourth-order valence-corrected chi connectivity index (χ4v) is 3.59. The largest absolute Gasteiger partial charge is 0.336 e. The average Bonchev–Trinajstić information content (AvgIpc) is 2.80. The van der Waals surface area contributed by atoms with Crippen molar-refractivity contribution in [2.75, 3.05) is 7.05 Å². The van der Waals surface area contributed by atoms with Gasteiger partial charge in [0.15, 0.2) is 5.69 Å². The minimum Gasteiger partial charge on any atom is -0.336 e. The molecule has 1 aromatic heterocycles. The van der Waals surface area contributed by atoms with Crippen LogP contribution in [0.15, 0.2) is 95.8 Å². The predicted octanol–water partition coefficient (Wildman–Crippen LogP) is 4.48. The van der Waals surface area contributed by atoms with E-state index in [9.17, 15) is 9.59 Å². The number of carbonyl (C=O) groups excluding carboxylic acids is 1. The van der Waals surface area contributed by atoms with Crippen LogP contribution in [0, 0.1) is 6.92 Å². The van der Waals surface area contributed by atoms with Crippen molar-refractivity contribution in [2.45, 2.75) is 13.5 Å². The van der Waals surface area contributed by atoms with Gasteiger partial charge in [0.2, 0.25) is 5.43 Å². The van der Waals surface area contributed by atoms with Gasteiger partial charge in [-0.1, -0.05) is 72.8 Å². The Morgan fingerprint density at radius 1 is 0.903 bits per heavy atom. The van der Waals surface area contributed by atoms with Crippen LogP contribution in [0.5, 0.6) is 0 Å². The molecule has 31 heavy (non-hydrogen) atoms. The summed E-state index contributed by atoms with van der Waals surface area (Å²) in [5.41, 5.74) is 4.14. The molecule has 5 heteroatoms. The summed E-state index contributed by atoms with van der Waals surface area (Å²) in [4.78, 5) is 27.3. The second kappa shape index (κ2) is 8.79. The second-order valence-corrected chi connectivity index (χ2v) is 7.43. The van der Waals surface area contributed by atoms with E-state index in [1.54, 1.807) is 18.7 Å². The minimum atomic E-state index is -0.405. The quantitative estimate of drug-likeness (QED) is 0.488. The fraction of sp³-hybridized carbons (Fsp3) is 0.115. The van der Waals surface area contributed by atoms with Gasteiger partial charge in [0.1, 0.15) is 0 Å². The second-order valence-electron chi connectivity index (χ2n) is 7.43. The van der Waals surface area contributed by atoms with Crippen LogP contribution in [-0.4, -0.2) is 27.6 Å². The summed E-state index contributed by atoms with van der Waals surface area (Å²) in [6.45, 7) is 2.17. The van der Waals surface area contributed by atoms with Gasteiger partial charge in [0.25, 0.3) is 5.91 Å². The first kappa shape index (κ1) is 20.3. The molecule has 0 aliphatic rings. The molecule has 0 saturated heterocycles. The number of carbonyl (C=O) groups is 1. The van der Waals surface area contributed by atoms with E-state index < -0.39 is 5.91 Å². The van der Waals surface area contributed by atoms with Gasteiger partial charge in [-0.3, -0.25) is 9.59 Å². The number of hydrogen-bond donors (Lipinski definition) is 0. The molecular formula is C26H23N3O2. The summed E-state index contributed by atoms with van der Waals surface area (Å²) >= 11 is 0. The Morgan fingerprint density at radius 2 is 1.52 bits per heavy atom. The van der Waals surface area contributed by atoms with Gasteiger partial charge < -0.3 is 4.90 Å². The maximum Gasteiger partial charge on any atom is 0.278 e. The number of aryl methyl sites for hydroxylation is 1. The number of hydrogen-bond acceptors (Lipinski definition) is 3. The van der Waals surface area contributed by atoms with Gasteiger partial charge in [0.05, 0.1) is 5.69 Å². The monoisotopic (exact) mass is 409 g/mol. The van der Waals surface area contributed by atoms with Crippen molar-refractivity contribution in [3.8, 4) is 16.8 Å². The summed E-state index contributed by atoms with van der Waals surface area (Å²) < 4.78 is 1.63. The highest BCUT2D eigenvalue weighted by atomic mass is 16.2. The summed E-state index contributed by atoms with van der Waals surface area (Å²) in [6.07, 6.45) is 0. The molecule has 0 aliphatic carbocycles. The average molecular weight is 409 g/mol. The Labute approximate surface area is 181 Å². The molecule has 0 aliphatic heterocycles. The number of amides is 1. The summed E-state index contributed by atoms with van der Waals surface area (Å²) in [6, 6.07) is 28.9. The lowest BCUT2D eigenvalue weighted by atomic mass is 9.99. The molecule has 4 aromatic rings. The highest BCUT2D eigenvalue weighted by Crippen LogP contribution is 2.24. The maximum absolute atomic E-state index is 13.2. The minimum absolute atomic E-state index is 0.0888. The number of nitrogens with zero attached hydrogens (tertiary/aromatic N) is 3. The molecule has 0 atom stereocenters. The smallest absolute Gasteiger partial charge is 0.278 e. The topological polar surface area (TPSA) is 55.2 Å². The standard InChI is InChI=1S/C26H23N3O2/c1-19-17-24(30)25(27-29(19)22-14-7-4-8-15-22)26(31)28(2)18-21-13-9-10-16-23(21)20-11-5-3-6-12-20/h3-17H,18H2,1-2H3. The fourth-order valence-electron chi connectivity index (χ4n) is 3.59. The molecule has 154 valence electrons. The lowest BCUT2D eigenvalue weighted by molar-refractivity contribution is 0.0776. The van der Waals surface area contributed by atoms with Crippen molar-refractivity contribution in [1.29, 1.82) is 0 Å². The Balaban J connectivity index is 1.65. The van der Waals surface area contributed by atoms with Gasteiger partial charge >= 0.3 is 0 Å². The van der Waals surface area contributed by atoms with E-state index in [-0.39, 0.29) is 11.1 Å². The van der Waals surface area contributed by atoms with Crippen molar-refractivity contribution in [1.82, 2.24) is 14.7 Å². The Bertz CT molecular complexity index is 1260. The Hall–Kier alpha value is -3.99. The van der Waals surface area contributed by atoms with Gasteiger partial charge in [-0.05, 0) is 35.7 Å². The summed E-state index contributed by atoms with van der Waals surface area (Å²) in [5.74, 6) is -0.405. The third kappa shape index (κ3) is 4.31. The number of aromatic nitrogens is 2. The van der Waals surface area contributed by atoms with Gasteiger partial charge in [0, 0.05) is 25.4 Å². The molecule has 0 bridgehead atoms. The first-order chi connectivity index (χ1) is 15.0. The van der Waals surface area contributed by atoms with Crippen LogP contribution >= 0.6 is 0 Å². The van der Waals surface area contributed by atoms with E-state index in [1.165, 1.54) is 11.0 Å². The molecule has 3 aromatic carbocycles. The van der Waals surface area contributed by atoms with Gasteiger partial charge in [-0.15, -0.1) is 0 Å². The molecule has 1 amide bonds. The zero-order valence-corrected chi connectivity index (χ0v) is 17.5. The van der Waals surface area contributed by atoms with E-state index in [0.717, 1.165) is 22.4 Å². The molecule has 0 N–H and O–H groups in total. The van der Waals surface area contributed by atoms with Crippen molar-refractivity contribution < 1.29 is 4.79 Å². The van der Waals surface area contributed by atoms with Crippen LogP contribution in [-0.2, 0) is 6.54 Å². The van der Waals surface area contributed by atoms with Crippen LogP contribution in [0.4, 0.5) is 0 Å². The number of benzene rings is 3. The maximum atomic E-state index is 13.2. The van der Waals surface area contributed by atoms with E-state index >= 15 is 0 Å². The van der Waals surface area contributed by atoms with Crippen molar-refractivity contribution in [3.63, 3.8) is 0 Å². The highest BCUT2D eigenvalue weighted by molar-refractivity contribution is 5.92. The first-order valence-corrected chi connectivity index (χ1v) is 10.1. The van der Waals surface area contributed by atoms with Crippen LogP contribution in [0.25, 0.3) is 16.8 Å². The van der Waals surface area contributed by atoms with E-state index in [0.29, 0.717) is 12.2 Å². The molecule has 0 spiro atoms. The summed E-state index contributed by atoms with van der Waals surface area (Å²) in [7, 11) is 1.69. The molecule has 1 heterocycles. The molecule has 0 unspecified atom stereocenters. The van der Waals surface area contributed by atoms with Crippen molar-refractivity contribution in [2.24, 2.45) is 0 Å². The van der Waals surface area contributed by atoms with E-state index in [4.69, 9.17) is 0 Å². The van der Waals surface area contributed by atoms with Gasteiger partial charge in [-0.25, -0.2) is 4.68 Å². The van der Waals surface area contributed by atoms with Crippen LogP contribution in [0.3, 0.4) is 0 Å². The zero-order valence-electron chi connectivity index (χ0n) is 17.5. The van der Waals surface area contributed by atoms with Crippen molar-refractivity contribution in [3.05, 3.63) is 118 Å². The Kier molecular flexibility index (Phi) is 5.76. The molecule has 4 rings (SSSR count). The lowest BCUT2D eigenvalue weighted by Gasteiger charge is -2.20. The molecule has 0 fully saturated rings. The SMILES string of the molecule is Cc1cc(=O)c(C(=O)N(C)Cc2ccccc2-c2ccccc2)nn1-c1ccccc1.